The van der Waals surface area contributed by atoms with E-state index < -0.39 is 12.2 Å². The normalized spacial score (nSPS) is 36.3. The lowest BCUT2D eigenvalue weighted by molar-refractivity contribution is -0.140. The van der Waals surface area contributed by atoms with Gasteiger partial charge in [0, 0.05) is 23.4 Å². The number of fused-ring (bicyclic) bond motifs is 3. The summed E-state index contributed by atoms with van der Waals surface area (Å²) in [6.07, 6.45) is 5.08. The molecule has 1 aliphatic heterocycles. The largest absolute Gasteiger partial charge is 0.353 e. The van der Waals surface area contributed by atoms with Crippen LogP contribution in [0.5, 0.6) is 0 Å². The van der Waals surface area contributed by atoms with Gasteiger partial charge in [-0.1, -0.05) is 6.92 Å². The van der Waals surface area contributed by atoms with Crippen molar-refractivity contribution in [3.05, 3.63) is 0 Å². The zero-order valence-electron chi connectivity index (χ0n) is 16.4. The summed E-state index contributed by atoms with van der Waals surface area (Å²) in [5.41, 5.74) is -0.357. The van der Waals surface area contributed by atoms with Crippen LogP contribution in [0.1, 0.15) is 65.2 Å². The molecule has 2 amide bonds. The predicted molar refractivity (Wildman–Crippen MR) is 99.4 cm³/mol. The maximum atomic E-state index is 13.5. The summed E-state index contributed by atoms with van der Waals surface area (Å²) in [5.74, 6) is -0.0165. The molecule has 4 rings (SSSR count). The van der Waals surface area contributed by atoms with Gasteiger partial charge in [0.25, 0.3) is 0 Å². The van der Waals surface area contributed by atoms with E-state index in [0.29, 0.717) is 0 Å². The maximum absolute atomic E-state index is 13.5. The summed E-state index contributed by atoms with van der Waals surface area (Å²) in [5, 5.41) is 15.7. The molecule has 3 saturated carbocycles. The lowest BCUT2D eigenvalue weighted by Crippen LogP contribution is -2.60. The number of halogens is 1. The minimum absolute atomic E-state index is 0.0185. The Bertz CT molecular complexity index is 607. The minimum Gasteiger partial charge on any atom is -0.353 e. The zero-order chi connectivity index (χ0) is 19.7. The highest BCUT2D eigenvalue weighted by Gasteiger charge is 2.52. The Hall–Kier alpha value is -1.68. The van der Waals surface area contributed by atoms with Crippen LogP contribution >= 0.6 is 0 Å². The molecule has 1 heterocycles. The number of rotatable bonds is 6. The fraction of sp³-hybridized carbons (Fsp3) is 0.850. The highest BCUT2D eigenvalue weighted by molar-refractivity contribution is 5.83. The van der Waals surface area contributed by atoms with E-state index in [-0.39, 0.29) is 48.3 Å². The topological polar surface area (TPSA) is 85.2 Å². The third-order valence-electron chi connectivity index (χ3n) is 7.05. The number of nitrogens with zero attached hydrogens (tertiary/aromatic N) is 2. The number of hydrogen-bond donors (Lipinski definition) is 2. The molecule has 0 unspecified atom stereocenters. The first kappa shape index (κ1) is 20.1. The average molecular weight is 378 g/mol. The first-order valence-corrected chi connectivity index (χ1v) is 10.2. The van der Waals surface area contributed by atoms with Crippen LogP contribution in [0, 0.1) is 16.7 Å². The van der Waals surface area contributed by atoms with Crippen molar-refractivity contribution >= 4 is 11.8 Å². The van der Waals surface area contributed by atoms with E-state index in [2.05, 4.69) is 17.6 Å². The molecule has 150 valence electrons. The molecule has 3 aliphatic carbocycles. The fourth-order valence-electron chi connectivity index (χ4n) is 4.82. The number of carbonyl (C=O) groups is 2. The molecule has 0 aromatic heterocycles. The second-order valence-corrected chi connectivity index (χ2v) is 8.72. The molecule has 0 spiro atoms. The maximum Gasteiger partial charge on any atom is 0.237 e. The van der Waals surface area contributed by atoms with E-state index in [1.807, 2.05) is 13.0 Å². The van der Waals surface area contributed by atoms with Crippen molar-refractivity contribution in [3.63, 3.8) is 0 Å². The number of nitrogens with one attached hydrogen (secondary N) is 2. The van der Waals surface area contributed by atoms with Crippen molar-refractivity contribution in [2.75, 3.05) is 13.1 Å². The van der Waals surface area contributed by atoms with Crippen LogP contribution in [0.2, 0.25) is 0 Å². The van der Waals surface area contributed by atoms with Gasteiger partial charge in [-0.3, -0.25) is 9.59 Å². The predicted octanol–water partition coefficient (Wildman–Crippen LogP) is 2.05. The lowest BCUT2D eigenvalue weighted by atomic mass is 9.57. The standard InChI is InChI=1S/C20H31FN4O2/c1-3-14(2)24-18(27)19-4-7-20(8-5-19,9-6-19)23-12-17(26)25-13-15(21)10-16(25)11-22/h14-16,23H,3-10,12-13H2,1-2H3,(H,24,27)/t14-,15-,16-,19?,20?/m0/s1. The molecule has 27 heavy (non-hydrogen) atoms. The fourth-order valence-corrected chi connectivity index (χ4v) is 4.82. The number of carbonyl (C=O) groups excluding carboxylic acids is 2. The molecule has 4 aliphatic rings. The van der Waals surface area contributed by atoms with Crippen molar-refractivity contribution in [1.82, 2.24) is 15.5 Å². The van der Waals surface area contributed by atoms with Crippen LogP contribution in [0.3, 0.4) is 0 Å². The van der Waals surface area contributed by atoms with E-state index in [0.717, 1.165) is 44.9 Å². The van der Waals surface area contributed by atoms with E-state index in [1.54, 1.807) is 0 Å². The summed E-state index contributed by atoms with van der Waals surface area (Å²) in [7, 11) is 0. The van der Waals surface area contributed by atoms with Crippen LogP contribution in [0.25, 0.3) is 0 Å². The van der Waals surface area contributed by atoms with Crippen LogP contribution in [0.15, 0.2) is 0 Å². The summed E-state index contributed by atoms with van der Waals surface area (Å²) in [6.45, 7) is 4.26. The molecule has 2 bridgehead atoms. The Morgan fingerprint density at radius 3 is 2.44 bits per heavy atom. The molecule has 0 aromatic rings. The van der Waals surface area contributed by atoms with Crippen molar-refractivity contribution < 1.29 is 14.0 Å². The molecule has 1 saturated heterocycles. The Labute approximate surface area is 160 Å². The highest BCUT2D eigenvalue weighted by atomic mass is 19.1. The zero-order valence-corrected chi connectivity index (χ0v) is 16.4. The van der Waals surface area contributed by atoms with Gasteiger partial charge >= 0.3 is 0 Å². The molecule has 7 heteroatoms. The number of alkyl halides is 1. The van der Waals surface area contributed by atoms with Gasteiger partial charge in [-0.2, -0.15) is 5.26 Å². The second-order valence-electron chi connectivity index (χ2n) is 8.72. The van der Waals surface area contributed by atoms with Crippen molar-refractivity contribution in [1.29, 1.82) is 5.26 Å². The monoisotopic (exact) mass is 378 g/mol. The number of likely N-dealkylation sites (tertiary alicyclic amines) is 1. The van der Waals surface area contributed by atoms with Gasteiger partial charge < -0.3 is 15.5 Å². The van der Waals surface area contributed by atoms with Crippen molar-refractivity contribution in [3.8, 4) is 6.07 Å². The van der Waals surface area contributed by atoms with Gasteiger partial charge in [0.15, 0.2) is 0 Å². The Morgan fingerprint density at radius 1 is 1.26 bits per heavy atom. The SMILES string of the molecule is CC[C@H](C)NC(=O)C12CCC(NCC(=O)N3C[C@@H](F)C[C@H]3C#N)(CC1)CC2. The molecule has 6 nitrogen and oxygen atoms in total. The summed E-state index contributed by atoms with van der Waals surface area (Å²) in [6, 6.07) is 1.57. The first-order chi connectivity index (χ1) is 12.8. The molecule has 0 aromatic carbocycles. The molecule has 0 radical (unpaired) electrons. The van der Waals surface area contributed by atoms with Gasteiger partial charge in [-0.25, -0.2) is 4.39 Å². The smallest absolute Gasteiger partial charge is 0.237 e. The summed E-state index contributed by atoms with van der Waals surface area (Å²) in [4.78, 5) is 26.6. The summed E-state index contributed by atoms with van der Waals surface area (Å²) < 4.78 is 13.5. The second kappa shape index (κ2) is 7.75. The van der Waals surface area contributed by atoms with Crippen LogP contribution in [-0.4, -0.2) is 53.6 Å². The minimum atomic E-state index is -1.11. The van der Waals surface area contributed by atoms with E-state index in [4.69, 9.17) is 5.26 Å². The quantitative estimate of drug-likeness (QED) is 0.741. The van der Waals surface area contributed by atoms with Gasteiger partial charge in [-0.05, 0) is 51.9 Å². The van der Waals surface area contributed by atoms with E-state index in [1.165, 1.54) is 4.90 Å². The average Bonchev–Trinajstić information content (AvgIpc) is 3.08. The third-order valence-corrected chi connectivity index (χ3v) is 7.05. The lowest BCUT2D eigenvalue weighted by Gasteiger charge is -2.53. The molecule has 2 N–H and O–H groups in total. The van der Waals surface area contributed by atoms with E-state index >= 15 is 0 Å². The Morgan fingerprint density at radius 2 is 1.89 bits per heavy atom. The van der Waals surface area contributed by atoms with Gasteiger partial charge in [0.2, 0.25) is 11.8 Å². The highest BCUT2D eigenvalue weighted by Crippen LogP contribution is 2.52. The number of hydrogen-bond acceptors (Lipinski definition) is 4. The van der Waals surface area contributed by atoms with Crippen LogP contribution in [-0.2, 0) is 9.59 Å². The molecule has 3 atom stereocenters. The summed E-state index contributed by atoms with van der Waals surface area (Å²) >= 11 is 0. The third kappa shape index (κ3) is 3.96. The van der Waals surface area contributed by atoms with Gasteiger partial charge in [-0.15, -0.1) is 0 Å². The number of nitriles is 1. The Kier molecular flexibility index (Phi) is 5.76. The molecular formula is C20H31FN4O2. The van der Waals surface area contributed by atoms with Gasteiger partial charge in [0.1, 0.15) is 12.2 Å². The van der Waals surface area contributed by atoms with Crippen molar-refractivity contribution in [2.24, 2.45) is 5.41 Å². The van der Waals surface area contributed by atoms with Gasteiger partial charge in [0.05, 0.1) is 19.2 Å². The van der Waals surface area contributed by atoms with Crippen LogP contribution in [0.4, 0.5) is 4.39 Å². The first-order valence-electron chi connectivity index (χ1n) is 10.2. The van der Waals surface area contributed by atoms with Crippen LogP contribution < -0.4 is 10.6 Å². The molecular weight excluding hydrogens is 347 g/mol. The number of amides is 2. The Balaban J connectivity index is 1.53. The van der Waals surface area contributed by atoms with E-state index in [9.17, 15) is 14.0 Å². The van der Waals surface area contributed by atoms with Crippen molar-refractivity contribution in [2.45, 2.75) is 89.0 Å². The molecule has 4 fully saturated rings.